The number of alkyl halides is 3. The van der Waals surface area contributed by atoms with Gasteiger partial charge in [0.2, 0.25) is 0 Å². The first-order valence-electron chi connectivity index (χ1n) is 8.81. The Hall–Kier alpha value is -2.74. The maximum atomic E-state index is 12.1. The number of halogens is 3. The molecule has 28 heavy (non-hydrogen) atoms. The van der Waals surface area contributed by atoms with Crippen molar-refractivity contribution in [2.75, 3.05) is 26.8 Å². The third-order valence-electron chi connectivity index (χ3n) is 3.66. The fourth-order valence-electron chi connectivity index (χ4n) is 2.28. The summed E-state index contributed by atoms with van der Waals surface area (Å²) in [5, 5.41) is 6.27. The van der Waals surface area contributed by atoms with E-state index in [4.69, 9.17) is 4.74 Å². The van der Waals surface area contributed by atoms with Crippen LogP contribution in [0, 0.1) is 0 Å². The number of ether oxygens (including phenoxy) is 2. The van der Waals surface area contributed by atoms with E-state index in [-0.39, 0.29) is 5.75 Å². The number of hydrogen-bond acceptors (Lipinski definition) is 3. The van der Waals surface area contributed by atoms with Crippen molar-refractivity contribution in [3.63, 3.8) is 0 Å². The molecular formula is C20H24F3N3O2. The fraction of sp³-hybridized carbons (Fsp3) is 0.350. The smallest absolute Gasteiger partial charge is 0.422 e. The summed E-state index contributed by atoms with van der Waals surface area (Å²) in [6.07, 6.45) is -4.34. The number of benzene rings is 2. The van der Waals surface area contributed by atoms with Crippen molar-refractivity contribution in [1.29, 1.82) is 0 Å². The van der Waals surface area contributed by atoms with E-state index in [0.29, 0.717) is 32.3 Å². The molecule has 2 aromatic carbocycles. The largest absolute Gasteiger partial charge is 0.484 e. The van der Waals surface area contributed by atoms with E-state index < -0.39 is 12.8 Å². The zero-order valence-corrected chi connectivity index (χ0v) is 15.6. The lowest BCUT2D eigenvalue weighted by Gasteiger charge is -2.13. The van der Waals surface area contributed by atoms with Gasteiger partial charge in [0, 0.05) is 20.1 Å². The summed E-state index contributed by atoms with van der Waals surface area (Å²) in [6, 6.07) is 16.3. The van der Waals surface area contributed by atoms with Crippen LogP contribution in [0.1, 0.15) is 11.1 Å². The summed E-state index contributed by atoms with van der Waals surface area (Å²) in [5.74, 6) is 0.792. The average Bonchev–Trinajstić information content (AvgIpc) is 2.69. The molecule has 2 aromatic rings. The molecule has 0 radical (unpaired) electrons. The van der Waals surface area contributed by atoms with Gasteiger partial charge in [-0.25, -0.2) is 0 Å². The Kier molecular flexibility index (Phi) is 8.61. The SMILES string of the molecule is CN=C(NCCOCc1ccccc1)NCc1ccc(OCC(F)(F)F)cc1. The first kappa shape index (κ1) is 21.6. The molecule has 0 spiro atoms. The van der Waals surface area contributed by atoms with Crippen molar-refractivity contribution < 1.29 is 22.6 Å². The fourth-order valence-corrected chi connectivity index (χ4v) is 2.28. The molecule has 0 heterocycles. The van der Waals surface area contributed by atoms with Gasteiger partial charge in [0.25, 0.3) is 0 Å². The van der Waals surface area contributed by atoms with Gasteiger partial charge in [-0.2, -0.15) is 13.2 Å². The Bertz CT molecular complexity index is 720. The third-order valence-corrected chi connectivity index (χ3v) is 3.66. The van der Waals surface area contributed by atoms with Crippen molar-refractivity contribution in [1.82, 2.24) is 10.6 Å². The van der Waals surface area contributed by atoms with Crippen molar-refractivity contribution in [2.45, 2.75) is 19.3 Å². The Morgan fingerprint density at radius 1 is 0.964 bits per heavy atom. The Morgan fingerprint density at radius 3 is 2.32 bits per heavy atom. The zero-order chi connectivity index (χ0) is 20.2. The molecule has 0 amide bonds. The predicted molar refractivity (Wildman–Crippen MR) is 102 cm³/mol. The van der Waals surface area contributed by atoms with Crippen LogP contribution >= 0.6 is 0 Å². The molecule has 0 atom stereocenters. The normalized spacial score (nSPS) is 11.9. The molecule has 0 aliphatic heterocycles. The minimum Gasteiger partial charge on any atom is -0.484 e. The van der Waals surface area contributed by atoms with Gasteiger partial charge < -0.3 is 20.1 Å². The maximum absolute atomic E-state index is 12.1. The molecular weight excluding hydrogens is 371 g/mol. The number of rotatable bonds is 9. The minimum atomic E-state index is -4.34. The maximum Gasteiger partial charge on any atom is 0.422 e. The molecule has 0 aliphatic carbocycles. The van der Waals surface area contributed by atoms with E-state index in [0.717, 1.165) is 11.1 Å². The molecule has 0 fully saturated rings. The van der Waals surface area contributed by atoms with Crippen LogP contribution in [0.2, 0.25) is 0 Å². The number of nitrogens with zero attached hydrogens (tertiary/aromatic N) is 1. The van der Waals surface area contributed by atoms with Gasteiger partial charge in [0.1, 0.15) is 5.75 Å². The molecule has 0 aliphatic rings. The topological polar surface area (TPSA) is 54.9 Å². The van der Waals surface area contributed by atoms with Crippen molar-refractivity contribution in [3.8, 4) is 5.75 Å². The lowest BCUT2D eigenvalue weighted by atomic mass is 10.2. The van der Waals surface area contributed by atoms with Crippen LogP contribution in [0.5, 0.6) is 5.75 Å². The van der Waals surface area contributed by atoms with Crippen LogP contribution in [0.25, 0.3) is 0 Å². The summed E-state index contributed by atoms with van der Waals surface area (Å²) in [7, 11) is 1.66. The van der Waals surface area contributed by atoms with E-state index in [1.165, 1.54) is 12.1 Å². The predicted octanol–water partition coefficient (Wildman–Crippen LogP) is 3.51. The second kappa shape index (κ2) is 11.2. The van der Waals surface area contributed by atoms with E-state index in [1.807, 2.05) is 30.3 Å². The highest BCUT2D eigenvalue weighted by atomic mass is 19.4. The first-order valence-corrected chi connectivity index (χ1v) is 8.81. The zero-order valence-electron chi connectivity index (χ0n) is 15.6. The van der Waals surface area contributed by atoms with Gasteiger partial charge in [-0.3, -0.25) is 4.99 Å². The molecule has 0 unspecified atom stereocenters. The second-order valence-electron chi connectivity index (χ2n) is 5.94. The quantitative estimate of drug-likeness (QED) is 0.388. The summed E-state index contributed by atoms with van der Waals surface area (Å²) < 4.78 is 46.7. The second-order valence-corrected chi connectivity index (χ2v) is 5.94. The molecule has 8 heteroatoms. The monoisotopic (exact) mass is 395 g/mol. The van der Waals surface area contributed by atoms with Gasteiger partial charge in [0.05, 0.1) is 13.2 Å². The van der Waals surface area contributed by atoms with E-state index in [2.05, 4.69) is 20.4 Å². The van der Waals surface area contributed by atoms with E-state index in [1.54, 1.807) is 19.2 Å². The molecule has 2 rings (SSSR count). The van der Waals surface area contributed by atoms with Gasteiger partial charge >= 0.3 is 6.18 Å². The molecule has 0 saturated heterocycles. The van der Waals surface area contributed by atoms with Crippen molar-refractivity contribution in [3.05, 3.63) is 65.7 Å². The van der Waals surface area contributed by atoms with Gasteiger partial charge in [-0.1, -0.05) is 42.5 Å². The van der Waals surface area contributed by atoms with E-state index in [9.17, 15) is 13.2 Å². The standard InChI is InChI=1S/C20H24F3N3O2/c1-24-19(25-11-12-27-14-17-5-3-2-4-6-17)26-13-16-7-9-18(10-8-16)28-15-20(21,22)23/h2-10H,11-15H2,1H3,(H2,24,25,26). The molecule has 2 N–H and O–H groups in total. The van der Waals surface area contributed by atoms with E-state index >= 15 is 0 Å². The lowest BCUT2D eigenvalue weighted by Crippen LogP contribution is -2.38. The van der Waals surface area contributed by atoms with Crippen molar-refractivity contribution >= 4 is 5.96 Å². The van der Waals surface area contributed by atoms with Crippen LogP contribution in [0.3, 0.4) is 0 Å². The van der Waals surface area contributed by atoms with Gasteiger partial charge in [0.15, 0.2) is 12.6 Å². The molecule has 0 saturated carbocycles. The highest BCUT2D eigenvalue weighted by molar-refractivity contribution is 5.79. The van der Waals surface area contributed by atoms with Gasteiger partial charge in [-0.15, -0.1) is 0 Å². The summed E-state index contributed by atoms with van der Waals surface area (Å²) in [5.41, 5.74) is 2.01. The average molecular weight is 395 g/mol. The Balaban J connectivity index is 1.64. The summed E-state index contributed by atoms with van der Waals surface area (Å²) in [6.45, 7) is 0.854. The van der Waals surface area contributed by atoms with Crippen LogP contribution in [-0.4, -0.2) is 38.9 Å². The molecule has 152 valence electrons. The number of aliphatic imine (C=N–C) groups is 1. The van der Waals surface area contributed by atoms with Gasteiger partial charge in [-0.05, 0) is 23.3 Å². The number of hydrogen-bond donors (Lipinski definition) is 2. The highest BCUT2D eigenvalue weighted by Crippen LogP contribution is 2.18. The molecule has 0 bridgehead atoms. The number of guanidine groups is 1. The molecule has 5 nitrogen and oxygen atoms in total. The van der Waals surface area contributed by atoms with Crippen LogP contribution in [0.4, 0.5) is 13.2 Å². The van der Waals surface area contributed by atoms with Crippen LogP contribution < -0.4 is 15.4 Å². The Labute approximate surface area is 162 Å². The Morgan fingerprint density at radius 2 is 1.68 bits per heavy atom. The van der Waals surface area contributed by atoms with Crippen molar-refractivity contribution in [2.24, 2.45) is 4.99 Å². The van der Waals surface area contributed by atoms with Crippen LogP contribution in [-0.2, 0) is 17.9 Å². The highest BCUT2D eigenvalue weighted by Gasteiger charge is 2.28. The first-order chi connectivity index (χ1) is 13.5. The summed E-state index contributed by atoms with van der Waals surface area (Å²) in [4.78, 5) is 4.12. The lowest BCUT2D eigenvalue weighted by molar-refractivity contribution is -0.153. The molecule has 0 aromatic heterocycles. The summed E-state index contributed by atoms with van der Waals surface area (Å²) >= 11 is 0. The van der Waals surface area contributed by atoms with Crippen LogP contribution in [0.15, 0.2) is 59.6 Å². The third kappa shape index (κ3) is 8.77. The number of nitrogens with one attached hydrogen (secondary N) is 2. The minimum absolute atomic E-state index is 0.180.